The van der Waals surface area contributed by atoms with Gasteiger partial charge in [-0.2, -0.15) is 5.10 Å². The number of carboxylic acids is 1. The van der Waals surface area contributed by atoms with Crippen LogP contribution in [0.25, 0.3) is 0 Å². The molecule has 1 aromatic heterocycles. The molecule has 2 amide bonds. The van der Waals surface area contributed by atoms with E-state index in [-0.39, 0.29) is 6.54 Å². The normalized spacial score (nSPS) is 9.73. The molecule has 1 rings (SSSR count). The van der Waals surface area contributed by atoms with Crippen LogP contribution in [-0.2, 0) is 11.8 Å². The van der Waals surface area contributed by atoms with Crippen molar-refractivity contribution in [3.8, 4) is 0 Å². The van der Waals surface area contributed by atoms with E-state index < -0.39 is 12.0 Å². The van der Waals surface area contributed by atoms with E-state index in [9.17, 15) is 9.59 Å². The Morgan fingerprint density at radius 1 is 1.67 bits per heavy atom. The monoisotopic (exact) mass is 212 g/mol. The number of carboxylic acid groups (broad SMARTS) is 1. The minimum absolute atomic E-state index is 0.341. The van der Waals surface area contributed by atoms with E-state index in [0.29, 0.717) is 5.69 Å². The summed E-state index contributed by atoms with van der Waals surface area (Å²) >= 11 is 0. The van der Waals surface area contributed by atoms with Crippen LogP contribution in [0.1, 0.15) is 0 Å². The minimum Gasteiger partial charge on any atom is -0.480 e. The van der Waals surface area contributed by atoms with Crippen LogP contribution in [-0.4, -0.2) is 45.4 Å². The number of nitrogens with one attached hydrogen (secondary N) is 1. The smallest absolute Gasteiger partial charge is 0.323 e. The maximum atomic E-state index is 11.4. The largest absolute Gasteiger partial charge is 0.480 e. The Bertz CT molecular complexity index is 374. The van der Waals surface area contributed by atoms with Gasteiger partial charge in [0.05, 0.1) is 11.9 Å². The lowest BCUT2D eigenvalue weighted by atomic mass is 10.5. The van der Waals surface area contributed by atoms with Crippen LogP contribution in [0.2, 0.25) is 0 Å². The summed E-state index contributed by atoms with van der Waals surface area (Å²) in [6, 6.07) is -0.481. The highest BCUT2D eigenvalue weighted by Crippen LogP contribution is 2.04. The number of anilines is 1. The number of amides is 2. The van der Waals surface area contributed by atoms with E-state index in [1.807, 2.05) is 0 Å². The molecule has 2 N–H and O–H groups in total. The maximum absolute atomic E-state index is 11.4. The third-order valence-electron chi connectivity index (χ3n) is 1.68. The van der Waals surface area contributed by atoms with E-state index in [4.69, 9.17) is 5.11 Å². The van der Waals surface area contributed by atoms with Gasteiger partial charge in [0.1, 0.15) is 6.54 Å². The first-order valence-electron chi connectivity index (χ1n) is 4.21. The molecule has 0 saturated heterocycles. The molecule has 0 aliphatic carbocycles. The summed E-state index contributed by atoms with van der Waals surface area (Å²) in [5.41, 5.74) is 0.528. The number of hydrogen-bond donors (Lipinski definition) is 2. The van der Waals surface area contributed by atoms with Gasteiger partial charge < -0.3 is 15.3 Å². The van der Waals surface area contributed by atoms with Crippen molar-refractivity contribution < 1.29 is 14.7 Å². The molecule has 0 radical (unpaired) electrons. The molecule has 15 heavy (non-hydrogen) atoms. The number of carbonyl (C=O) groups is 2. The van der Waals surface area contributed by atoms with Gasteiger partial charge in [-0.25, -0.2) is 4.79 Å². The number of rotatable bonds is 3. The molecule has 0 spiro atoms. The second kappa shape index (κ2) is 4.45. The molecule has 0 aliphatic rings. The van der Waals surface area contributed by atoms with Crippen LogP contribution in [0.3, 0.4) is 0 Å². The number of aromatic nitrogens is 2. The van der Waals surface area contributed by atoms with Crippen molar-refractivity contribution in [1.82, 2.24) is 14.7 Å². The topological polar surface area (TPSA) is 87.5 Å². The highest BCUT2D eigenvalue weighted by Gasteiger charge is 2.12. The van der Waals surface area contributed by atoms with Crippen LogP contribution in [0.4, 0.5) is 10.5 Å². The summed E-state index contributed by atoms with van der Waals surface area (Å²) < 4.78 is 1.53. The van der Waals surface area contributed by atoms with Gasteiger partial charge in [0.2, 0.25) is 0 Å². The van der Waals surface area contributed by atoms with Gasteiger partial charge in [0.25, 0.3) is 0 Å². The molecule has 1 heterocycles. The van der Waals surface area contributed by atoms with Gasteiger partial charge in [0.15, 0.2) is 0 Å². The Morgan fingerprint density at radius 2 is 2.33 bits per heavy atom. The van der Waals surface area contributed by atoms with Crippen LogP contribution in [0.5, 0.6) is 0 Å². The zero-order valence-electron chi connectivity index (χ0n) is 8.47. The fraction of sp³-hybridized carbons (Fsp3) is 0.375. The molecule has 0 saturated carbocycles. The van der Waals surface area contributed by atoms with Crippen molar-refractivity contribution in [1.29, 1.82) is 0 Å². The Hall–Kier alpha value is -2.05. The summed E-state index contributed by atoms with van der Waals surface area (Å²) in [5, 5.41) is 14.8. The zero-order valence-corrected chi connectivity index (χ0v) is 8.47. The summed E-state index contributed by atoms with van der Waals surface area (Å²) in [6.07, 6.45) is 3.10. The van der Waals surface area contributed by atoms with E-state index in [1.165, 1.54) is 17.9 Å². The fourth-order valence-electron chi connectivity index (χ4n) is 0.979. The van der Waals surface area contributed by atoms with Crippen LogP contribution in [0, 0.1) is 0 Å². The Labute approximate surface area is 86.3 Å². The number of hydrogen-bond acceptors (Lipinski definition) is 3. The van der Waals surface area contributed by atoms with Gasteiger partial charge in [0, 0.05) is 20.3 Å². The zero-order chi connectivity index (χ0) is 11.4. The second-order valence-corrected chi connectivity index (χ2v) is 3.08. The number of nitrogens with zero attached hydrogens (tertiary/aromatic N) is 3. The molecular formula is C8H12N4O3. The van der Waals surface area contributed by atoms with Gasteiger partial charge in [-0.05, 0) is 0 Å². The molecule has 0 unspecified atom stereocenters. The Morgan fingerprint density at radius 3 is 2.80 bits per heavy atom. The number of carbonyl (C=O) groups excluding carboxylic acids is 1. The lowest BCUT2D eigenvalue weighted by Crippen LogP contribution is -2.35. The molecule has 0 atom stereocenters. The molecule has 82 valence electrons. The summed E-state index contributed by atoms with van der Waals surface area (Å²) in [6.45, 7) is -0.341. The average molecular weight is 212 g/mol. The van der Waals surface area contributed by atoms with Crippen LogP contribution in [0.15, 0.2) is 12.4 Å². The summed E-state index contributed by atoms with van der Waals surface area (Å²) in [4.78, 5) is 22.8. The van der Waals surface area contributed by atoms with Gasteiger partial charge >= 0.3 is 12.0 Å². The standard InChI is InChI=1S/C8H12N4O3/c1-11(5-7(13)14)8(15)10-6-3-9-12(2)4-6/h3-4H,5H2,1-2H3,(H,10,15)(H,13,14). The Balaban J connectivity index is 2.52. The molecular weight excluding hydrogens is 200 g/mol. The first-order chi connectivity index (χ1) is 6.99. The number of aliphatic carboxylic acids is 1. The third kappa shape index (κ3) is 3.29. The minimum atomic E-state index is -1.06. The van der Waals surface area contributed by atoms with E-state index >= 15 is 0 Å². The molecule has 0 fully saturated rings. The summed E-state index contributed by atoms with van der Waals surface area (Å²) in [5.74, 6) is -1.06. The quantitative estimate of drug-likeness (QED) is 0.736. The number of urea groups is 1. The van der Waals surface area contributed by atoms with Crippen molar-refractivity contribution in [2.24, 2.45) is 7.05 Å². The van der Waals surface area contributed by atoms with Gasteiger partial charge in [-0.3, -0.25) is 9.48 Å². The number of aryl methyl sites for hydroxylation is 1. The second-order valence-electron chi connectivity index (χ2n) is 3.08. The average Bonchev–Trinajstić information content (AvgIpc) is 2.50. The number of likely N-dealkylation sites (N-methyl/N-ethyl adjacent to an activating group) is 1. The van der Waals surface area contributed by atoms with Crippen molar-refractivity contribution in [2.45, 2.75) is 0 Å². The maximum Gasteiger partial charge on any atom is 0.323 e. The summed E-state index contributed by atoms with van der Waals surface area (Å²) in [7, 11) is 3.12. The SMILES string of the molecule is CN(CC(=O)O)C(=O)Nc1cnn(C)c1. The molecule has 7 nitrogen and oxygen atoms in total. The van der Waals surface area contributed by atoms with Gasteiger partial charge in [-0.1, -0.05) is 0 Å². The van der Waals surface area contributed by atoms with E-state index in [1.54, 1.807) is 13.2 Å². The van der Waals surface area contributed by atoms with E-state index in [0.717, 1.165) is 4.90 Å². The predicted octanol–water partition coefficient (Wildman–Crippen LogP) is -0.0316. The first kappa shape index (κ1) is 11.0. The lowest BCUT2D eigenvalue weighted by Gasteiger charge is -2.14. The van der Waals surface area contributed by atoms with Crippen molar-refractivity contribution in [3.05, 3.63) is 12.4 Å². The lowest BCUT2D eigenvalue weighted by molar-refractivity contribution is -0.137. The molecule has 0 aliphatic heterocycles. The molecule has 0 aromatic carbocycles. The molecule has 0 bridgehead atoms. The van der Waals surface area contributed by atoms with Crippen molar-refractivity contribution in [3.63, 3.8) is 0 Å². The van der Waals surface area contributed by atoms with Crippen molar-refractivity contribution in [2.75, 3.05) is 18.9 Å². The Kier molecular flexibility index (Phi) is 3.27. The molecule has 1 aromatic rings. The molecule has 7 heteroatoms. The highest BCUT2D eigenvalue weighted by molar-refractivity contribution is 5.90. The van der Waals surface area contributed by atoms with Crippen LogP contribution >= 0.6 is 0 Å². The fourth-order valence-corrected chi connectivity index (χ4v) is 0.979. The van der Waals surface area contributed by atoms with Gasteiger partial charge in [-0.15, -0.1) is 0 Å². The van der Waals surface area contributed by atoms with Crippen LogP contribution < -0.4 is 5.32 Å². The first-order valence-corrected chi connectivity index (χ1v) is 4.21. The predicted molar refractivity (Wildman–Crippen MR) is 52.5 cm³/mol. The van der Waals surface area contributed by atoms with Crippen molar-refractivity contribution >= 4 is 17.7 Å². The third-order valence-corrected chi connectivity index (χ3v) is 1.68. The van der Waals surface area contributed by atoms with E-state index in [2.05, 4.69) is 10.4 Å². The highest BCUT2D eigenvalue weighted by atomic mass is 16.4.